The molecular weight excluding hydrogens is 259 g/mol. The Bertz CT molecular complexity index is 563. The number of nitrogens with one attached hydrogen (secondary N) is 1. The standard InChI is InChI=1S/C12H10F3N3O/c13-12(14,15)7-18-6-10(16-8-18)17-11(19)9-4-2-1-3-5-9/h1-6,8H,7H2,(H,17,19). The van der Waals surface area contributed by atoms with Crippen LogP contribution >= 0.6 is 0 Å². The minimum absolute atomic E-state index is 0.0816. The van der Waals surface area contributed by atoms with E-state index >= 15 is 0 Å². The molecule has 1 heterocycles. The third-order valence-corrected chi connectivity index (χ3v) is 2.27. The highest BCUT2D eigenvalue weighted by atomic mass is 19.4. The van der Waals surface area contributed by atoms with Gasteiger partial charge in [0.2, 0.25) is 0 Å². The molecule has 2 rings (SSSR count). The molecule has 1 aromatic carbocycles. The molecule has 1 amide bonds. The van der Waals surface area contributed by atoms with Crippen molar-refractivity contribution in [1.82, 2.24) is 9.55 Å². The molecule has 2 aromatic rings. The Hall–Kier alpha value is -2.31. The minimum Gasteiger partial charge on any atom is -0.326 e. The summed E-state index contributed by atoms with van der Waals surface area (Å²) in [6.07, 6.45) is -2.16. The molecule has 19 heavy (non-hydrogen) atoms. The van der Waals surface area contributed by atoms with Crippen molar-refractivity contribution in [3.8, 4) is 0 Å². The number of hydrogen-bond acceptors (Lipinski definition) is 2. The Morgan fingerprint density at radius 2 is 1.95 bits per heavy atom. The van der Waals surface area contributed by atoms with Crippen molar-refractivity contribution in [3.63, 3.8) is 0 Å². The second-order valence-corrected chi connectivity index (χ2v) is 3.87. The van der Waals surface area contributed by atoms with E-state index in [1.54, 1.807) is 30.3 Å². The molecule has 0 aliphatic rings. The largest absolute Gasteiger partial charge is 0.406 e. The van der Waals surface area contributed by atoms with Crippen LogP contribution in [-0.2, 0) is 6.54 Å². The fraction of sp³-hybridized carbons (Fsp3) is 0.167. The van der Waals surface area contributed by atoms with E-state index in [4.69, 9.17) is 0 Å². The van der Waals surface area contributed by atoms with Gasteiger partial charge in [0.1, 0.15) is 6.54 Å². The summed E-state index contributed by atoms with van der Waals surface area (Å²) in [5, 5.41) is 2.43. The zero-order valence-electron chi connectivity index (χ0n) is 9.69. The Labute approximate surface area is 106 Å². The first-order valence-corrected chi connectivity index (χ1v) is 5.39. The molecular formula is C12H10F3N3O. The summed E-state index contributed by atoms with van der Waals surface area (Å²) in [6.45, 7) is -1.14. The summed E-state index contributed by atoms with van der Waals surface area (Å²) in [4.78, 5) is 15.4. The maximum Gasteiger partial charge on any atom is 0.406 e. The Balaban J connectivity index is 2.03. The lowest BCUT2D eigenvalue weighted by atomic mass is 10.2. The molecule has 100 valence electrons. The van der Waals surface area contributed by atoms with Crippen LogP contribution in [0.4, 0.5) is 19.0 Å². The summed E-state index contributed by atoms with van der Waals surface area (Å²) in [5.74, 6) is -0.337. The topological polar surface area (TPSA) is 46.9 Å². The van der Waals surface area contributed by atoms with Crippen LogP contribution in [0.3, 0.4) is 0 Å². The number of imidazole rings is 1. The fourth-order valence-corrected chi connectivity index (χ4v) is 1.50. The highest BCUT2D eigenvalue weighted by Crippen LogP contribution is 2.18. The van der Waals surface area contributed by atoms with Crippen LogP contribution in [0.2, 0.25) is 0 Å². The second kappa shape index (κ2) is 5.13. The van der Waals surface area contributed by atoms with Crippen molar-refractivity contribution < 1.29 is 18.0 Å². The quantitative estimate of drug-likeness (QED) is 0.931. The number of nitrogens with zero attached hydrogens (tertiary/aromatic N) is 2. The molecule has 0 bridgehead atoms. The summed E-state index contributed by atoms with van der Waals surface area (Å²) in [6, 6.07) is 8.34. The van der Waals surface area contributed by atoms with E-state index in [0.717, 1.165) is 17.1 Å². The van der Waals surface area contributed by atoms with Gasteiger partial charge in [-0.1, -0.05) is 18.2 Å². The van der Waals surface area contributed by atoms with Crippen molar-refractivity contribution in [3.05, 3.63) is 48.4 Å². The van der Waals surface area contributed by atoms with Crippen LogP contribution in [0.1, 0.15) is 10.4 Å². The summed E-state index contributed by atoms with van der Waals surface area (Å²) < 4.78 is 37.3. The molecule has 4 nitrogen and oxygen atoms in total. The van der Waals surface area contributed by atoms with Gasteiger partial charge >= 0.3 is 6.18 Å². The number of carbonyl (C=O) groups excluding carboxylic acids is 1. The number of anilines is 1. The van der Waals surface area contributed by atoms with Gasteiger partial charge in [0.25, 0.3) is 5.91 Å². The highest BCUT2D eigenvalue weighted by molar-refractivity contribution is 6.03. The predicted octanol–water partition coefficient (Wildman–Crippen LogP) is 2.70. The van der Waals surface area contributed by atoms with E-state index in [-0.39, 0.29) is 5.82 Å². The predicted molar refractivity (Wildman–Crippen MR) is 62.7 cm³/mol. The van der Waals surface area contributed by atoms with Gasteiger partial charge in [0.05, 0.1) is 6.33 Å². The van der Waals surface area contributed by atoms with E-state index in [0.29, 0.717) is 5.56 Å². The van der Waals surface area contributed by atoms with Gasteiger partial charge in [0.15, 0.2) is 5.82 Å². The number of alkyl halides is 3. The van der Waals surface area contributed by atoms with Crippen molar-refractivity contribution >= 4 is 11.7 Å². The normalized spacial score (nSPS) is 11.3. The molecule has 0 radical (unpaired) electrons. The lowest BCUT2D eigenvalue weighted by molar-refractivity contribution is -0.140. The molecule has 0 aliphatic heterocycles. The molecule has 0 unspecified atom stereocenters. The Kier molecular flexibility index (Phi) is 3.55. The first-order chi connectivity index (χ1) is 8.94. The minimum atomic E-state index is -4.32. The number of benzene rings is 1. The van der Waals surface area contributed by atoms with Crippen molar-refractivity contribution in [2.24, 2.45) is 0 Å². The zero-order chi connectivity index (χ0) is 13.9. The van der Waals surface area contributed by atoms with Gasteiger partial charge in [0, 0.05) is 11.8 Å². The van der Waals surface area contributed by atoms with Gasteiger partial charge in [-0.15, -0.1) is 0 Å². The summed E-state index contributed by atoms with van der Waals surface area (Å²) in [7, 11) is 0. The molecule has 0 fully saturated rings. The number of rotatable bonds is 3. The monoisotopic (exact) mass is 269 g/mol. The Morgan fingerprint density at radius 1 is 1.26 bits per heavy atom. The third-order valence-electron chi connectivity index (χ3n) is 2.27. The van der Waals surface area contributed by atoms with E-state index in [1.807, 2.05) is 0 Å². The fourth-order valence-electron chi connectivity index (χ4n) is 1.50. The second-order valence-electron chi connectivity index (χ2n) is 3.87. The molecule has 1 N–H and O–H groups in total. The van der Waals surface area contributed by atoms with E-state index in [2.05, 4.69) is 10.3 Å². The van der Waals surface area contributed by atoms with E-state index < -0.39 is 18.6 Å². The lowest BCUT2D eigenvalue weighted by Crippen LogP contribution is -2.16. The van der Waals surface area contributed by atoms with Crippen LogP contribution in [-0.4, -0.2) is 21.6 Å². The smallest absolute Gasteiger partial charge is 0.326 e. The van der Waals surface area contributed by atoms with Crippen molar-refractivity contribution in [2.45, 2.75) is 12.7 Å². The van der Waals surface area contributed by atoms with Gasteiger partial charge in [-0.2, -0.15) is 13.2 Å². The number of carbonyl (C=O) groups is 1. The number of halogens is 3. The molecule has 0 atom stereocenters. The number of hydrogen-bond donors (Lipinski definition) is 1. The summed E-state index contributed by atoms with van der Waals surface area (Å²) >= 11 is 0. The average molecular weight is 269 g/mol. The molecule has 0 spiro atoms. The molecule has 7 heteroatoms. The molecule has 0 saturated carbocycles. The van der Waals surface area contributed by atoms with Crippen molar-refractivity contribution in [1.29, 1.82) is 0 Å². The third kappa shape index (κ3) is 3.84. The van der Waals surface area contributed by atoms with E-state index in [9.17, 15) is 18.0 Å². The van der Waals surface area contributed by atoms with Crippen LogP contribution in [0, 0.1) is 0 Å². The SMILES string of the molecule is O=C(Nc1cn(CC(F)(F)F)cn1)c1ccccc1. The molecule has 1 aromatic heterocycles. The van der Waals surface area contributed by atoms with Gasteiger partial charge < -0.3 is 9.88 Å². The summed E-state index contributed by atoms with van der Waals surface area (Å²) in [5.41, 5.74) is 0.410. The van der Waals surface area contributed by atoms with Crippen molar-refractivity contribution in [2.75, 3.05) is 5.32 Å². The molecule has 0 saturated heterocycles. The first kappa shape index (κ1) is 13.1. The van der Waals surface area contributed by atoms with E-state index in [1.165, 1.54) is 0 Å². The number of aromatic nitrogens is 2. The lowest BCUT2D eigenvalue weighted by Gasteiger charge is -2.05. The number of amides is 1. The maximum atomic E-state index is 12.1. The average Bonchev–Trinajstić information content (AvgIpc) is 2.75. The van der Waals surface area contributed by atoms with Crippen LogP contribution < -0.4 is 5.32 Å². The molecule has 0 aliphatic carbocycles. The van der Waals surface area contributed by atoms with Gasteiger partial charge in [-0.25, -0.2) is 4.98 Å². The Morgan fingerprint density at radius 3 is 2.58 bits per heavy atom. The first-order valence-electron chi connectivity index (χ1n) is 5.39. The highest BCUT2D eigenvalue weighted by Gasteiger charge is 2.27. The van der Waals surface area contributed by atoms with Gasteiger partial charge in [-0.05, 0) is 12.1 Å². The maximum absolute atomic E-state index is 12.1. The van der Waals surface area contributed by atoms with Gasteiger partial charge in [-0.3, -0.25) is 4.79 Å². The van der Waals surface area contributed by atoms with Crippen LogP contribution in [0.25, 0.3) is 0 Å². The van der Waals surface area contributed by atoms with Crippen LogP contribution in [0.15, 0.2) is 42.9 Å². The zero-order valence-corrected chi connectivity index (χ0v) is 9.69. The van der Waals surface area contributed by atoms with Crippen LogP contribution in [0.5, 0.6) is 0 Å².